The number of carbonyl (C=O) groups is 1. The zero-order valence-corrected chi connectivity index (χ0v) is 11.3. The van der Waals surface area contributed by atoms with E-state index in [4.69, 9.17) is 5.73 Å². The number of rotatable bonds is 6. The molecule has 2 N–H and O–H groups in total. The number of nitrogens with zero attached hydrogens (tertiary/aromatic N) is 3. The Balaban J connectivity index is 1.73. The van der Waals surface area contributed by atoms with E-state index < -0.39 is 0 Å². The van der Waals surface area contributed by atoms with E-state index in [1.165, 1.54) is 50.6 Å². The zero-order chi connectivity index (χ0) is 13.2. The van der Waals surface area contributed by atoms with Crippen LogP contribution in [0.5, 0.6) is 0 Å². The van der Waals surface area contributed by atoms with Crippen molar-refractivity contribution in [2.24, 2.45) is 11.7 Å². The quantitative estimate of drug-likeness (QED) is 0.849. The van der Waals surface area contributed by atoms with E-state index in [0.29, 0.717) is 5.92 Å². The van der Waals surface area contributed by atoms with Crippen molar-refractivity contribution in [3.8, 4) is 0 Å². The van der Waals surface area contributed by atoms with Gasteiger partial charge in [-0.1, -0.05) is 30.9 Å². The minimum Gasteiger partial charge on any atom is -0.369 e. The highest BCUT2D eigenvalue weighted by atomic mass is 16.1. The number of nitrogens with two attached hydrogens (primary N) is 1. The number of amides is 1. The first kappa shape index (κ1) is 12.6. The fraction of sp³-hybridized carbons (Fsp3) is 0.786. The molecule has 5 nitrogen and oxygen atoms in total. The van der Waals surface area contributed by atoms with Crippen molar-refractivity contribution >= 4 is 5.91 Å². The largest absolute Gasteiger partial charge is 0.369 e. The second kappa shape index (κ2) is 5.31. The predicted octanol–water partition coefficient (Wildman–Crippen LogP) is 1.76. The van der Waals surface area contributed by atoms with Crippen LogP contribution < -0.4 is 5.73 Å². The van der Waals surface area contributed by atoms with E-state index >= 15 is 0 Å². The van der Waals surface area contributed by atoms with Crippen LogP contribution in [0.15, 0.2) is 0 Å². The number of aryl methyl sites for hydroxylation is 1. The highest BCUT2D eigenvalue weighted by Gasteiger charge is 2.28. The Morgan fingerprint density at radius 1 is 1.26 bits per heavy atom. The molecule has 2 aliphatic carbocycles. The first-order valence-electron chi connectivity index (χ1n) is 7.44. The fourth-order valence-electron chi connectivity index (χ4n) is 3.03. The molecule has 0 aliphatic heterocycles. The highest BCUT2D eigenvalue weighted by molar-refractivity contribution is 5.76. The van der Waals surface area contributed by atoms with Gasteiger partial charge in [0, 0.05) is 12.5 Å². The van der Waals surface area contributed by atoms with Crippen molar-refractivity contribution in [1.82, 2.24) is 15.0 Å². The average molecular weight is 262 g/mol. The van der Waals surface area contributed by atoms with Gasteiger partial charge in [-0.2, -0.15) is 0 Å². The summed E-state index contributed by atoms with van der Waals surface area (Å²) in [5.74, 6) is 1.11. The van der Waals surface area contributed by atoms with Crippen LogP contribution in [-0.2, 0) is 17.8 Å². The third-order valence-electron chi connectivity index (χ3n) is 4.65. The summed E-state index contributed by atoms with van der Waals surface area (Å²) in [6, 6.07) is 0. The maximum absolute atomic E-state index is 11.1. The third kappa shape index (κ3) is 2.65. The van der Waals surface area contributed by atoms with E-state index in [9.17, 15) is 4.79 Å². The summed E-state index contributed by atoms with van der Waals surface area (Å²) in [6.07, 6.45) is 9.20. The summed E-state index contributed by atoms with van der Waals surface area (Å²) in [6.45, 7) is 0.947. The van der Waals surface area contributed by atoms with Gasteiger partial charge in [-0.05, 0) is 25.2 Å². The van der Waals surface area contributed by atoms with E-state index in [1.807, 2.05) is 4.68 Å². The van der Waals surface area contributed by atoms with Gasteiger partial charge in [0.05, 0.1) is 17.8 Å². The van der Waals surface area contributed by atoms with Crippen LogP contribution in [0.1, 0.15) is 62.3 Å². The lowest BCUT2D eigenvalue weighted by molar-refractivity contribution is -0.117. The molecular formula is C14H22N4O. The molecule has 1 amide bonds. The molecule has 19 heavy (non-hydrogen) atoms. The summed E-state index contributed by atoms with van der Waals surface area (Å²) >= 11 is 0. The van der Waals surface area contributed by atoms with Gasteiger partial charge in [0.15, 0.2) is 0 Å². The second-order valence-corrected chi connectivity index (χ2v) is 6.00. The normalized spacial score (nSPS) is 20.0. The molecule has 0 unspecified atom stereocenters. The number of hydrogen-bond donors (Lipinski definition) is 1. The monoisotopic (exact) mass is 262 g/mol. The van der Waals surface area contributed by atoms with Crippen molar-refractivity contribution in [3.05, 3.63) is 11.4 Å². The molecule has 0 spiro atoms. The van der Waals surface area contributed by atoms with E-state index in [2.05, 4.69) is 10.3 Å². The Morgan fingerprint density at radius 3 is 2.53 bits per heavy atom. The standard InChI is InChI=1S/C14H22N4O/c15-13(19)9-12-14(11-5-2-6-11)18(17-16-12)8-7-10-3-1-4-10/h10-11H,1-9H2,(H2,15,19). The molecule has 2 aliphatic rings. The van der Waals surface area contributed by atoms with E-state index in [-0.39, 0.29) is 12.3 Å². The van der Waals surface area contributed by atoms with Crippen molar-refractivity contribution < 1.29 is 4.79 Å². The highest BCUT2D eigenvalue weighted by Crippen LogP contribution is 2.38. The number of primary amides is 1. The van der Waals surface area contributed by atoms with Crippen LogP contribution in [0.4, 0.5) is 0 Å². The van der Waals surface area contributed by atoms with E-state index in [0.717, 1.165) is 18.2 Å². The van der Waals surface area contributed by atoms with Gasteiger partial charge >= 0.3 is 0 Å². The molecule has 0 radical (unpaired) electrons. The van der Waals surface area contributed by atoms with Gasteiger partial charge in [0.25, 0.3) is 0 Å². The fourth-order valence-corrected chi connectivity index (χ4v) is 3.03. The SMILES string of the molecule is NC(=O)Cc1nnn(CCC2CCC2)c1C1CCC1. The Labute approximate surface area is 113 Å². The molecule has 0 atom stereocenters. The maximum atomic E-state index is 11.1. The molecule has 2 fully saturated rings. The predicted molar refractivity (Wildman–Crippen MR) is 71.5 cm³/mol. The Kier molecular flexibility index (Phi) is 3.53. The first-order chi connectivity index (χ1) is 9.24. The van der Waals surface area contributed by atoms with Gasteiger partial charge in [-0.15, -0.1) is 5.10 Å². The van der Waals surface area contributed by atoms with Crippen LogP contribution in [0.25, 0.3) is 0 Å². The molecule has 1 aromatic heterocycles. The van der Waals surface area contributed by atoms with Crippen LogP contribution in [0, 0.1) is 5.92 Å². The molecule has 2 saturated carbocycles. The summed E-state index contributed by atoms with van der Waals surface area (Å²) in [5.41, 5.74) is 7.29. The van der Waals surface area contributed by atoms with Crippen LogP contribution in [-0.4, -0.2) is 20.9 Å². The molecule has 104 valence electrons. The molecule has 5 heteroatoms. The van der Waals surface area contributed by atoms with Gasteiger partial charge < -0.3 is 5.73 Å². The average Bonchev–Trinajstić information content (AvgIpc) is 2.57. The Hall–Kier alpha value is -1.39. The molecule has 3 rings (SSSR count). The summed E-state index contributed by atoms with van der Waals surface area (Å²) in [5, 5.41) is 8.45. The van der Waals surface area contributed by atoms with Crippen LogP contribution in [0.2, 0.25) is 0 Å². The smallest absolute Gasteiger partial charge is 0.223 e. The zero-order valence-electron chi connectivity index (χ0n) is 11.3. The van der Waals surface area contributed by atoms with Gasteiger partial charge in [-0.3, -0.25) is 4.79 Å². The Bertz CT molecular complexity index is 460. The van der Waals surface area contributed by atoms with Gasteiger partial charge in [0.1, 0.15) is 0 Å². The lowest BCUT2D eigenvalue weighted by Crippen LogP contribution is -2.21. The topological polar surface area (TPSA) is 73.8 Å². The number of aromatic nitrogens is 3. The summed E-state index contributed by atoms with van der Waals surface area (Å²) in [4.78, 5) is 11.1. The first-order valence-corrected chi connectivity index (χ1v) is 7.44. The van der Waals surface area contributed by atoms with Crippen LogP contribution >= 0.6 is 0 Å². The molecule has 0 bridgehead atoms. The lowest BCUT2D eigenvalue weighted by Gasteiger charge is -2.28. The third-order valence-corrected chi connectivity index (χ3v) is 4.65. The maximum Gasteiger partial charge on any atom is 0.223 e. The van der Waals surface area contributed by atoms with Crippen molar-refractivity contribution in [2.45, 2.75) is 63.8 Å². The molecule has 1 aromatic rings. The Morgan fingerprint density at radius 2 is 2.00 bits per heavy atom. The lowest BCUT2D eigenvalue weighted by atomic mass is 9.81. The van der Waals surface area contributed by atoms with Crippen molar-refractivity contribution in [1.29, 1.82) is 0 Å². The molecule has 1 heterocycles. The molecule has 0 aromatic carbocycles. The summed E-state index contributed by atoms with van der Waals surface area (Å²) < 4.78 is 2.04. The van der Waals surface area contributed by atoms with Gasteiger partial charge in [-0.25, -0.2) is 4.68 Å². The van der Waals surface area contributed by atoms with Crippen molar-refractivity contribution in [2.75, 3.05) is 0 Å². The molecule has 0 saturated heterocycles. The molecular weight excluding hydrogens is 240 g/mol. The van der Waals surface area contributed by atoms with Crippen molar-refractivity contribution in [3.63, 3.8) is 0 Å². The number of hydrogen-bond acceptors (Lipinski definition) is 3. The minimum atomic E-state index is -0.313. The van der Waals surface area contributed by atoms with Gasteiger partial charge in [0.2, 0.25) is 5.91 Å². The second-order valence-electron chi connectivity index (χ2n) is 6.00. The minimum absolute atomic E-state index is 0.231. The van der Waals surface area contributed by atoms with Crippen LogP contribution in [0.3, 0.4) is 0 Å². The number of carbonyl (C=O) groups excluding carboxylic acids is 1. The van der Waals surface area contributed by atoms with E-state index in [1.54, 1.807) is 0 Å². The summed E-state index contributed by atoms with van der Waals surface area (Å²) in [7, 11) is 0.